The molecule has 4 rings (SSSR count). The van der Waals surface area contributed by atoms with Gasteiger partial charge in [0.2, 0.25) is 0 Å². The highest BCUT2D eigenvalue weighted by Gasteiger charge is 2.25. The van der Waals surface area contributed by atoms with E-state index in [0.29, 0.717) is 24.0 Å². The third-order valence-corrected chi connectivity index (χ3v) is 5.53. The second-order valence-electron chi connectivity index (χ2n) is 6.58. The van der Waals surface area contributed by atoms with Crippen molar-refractivity contribution < 1.29 is 4.79 Å². The zero-order valence-electron chi connectivity index (χ0n) is 14.0. The van der Waals surface area contributed by atoms with Crippen molar-refractivity contribution in [1.82, 2.24) is 14.3 Å². The van der Waals surface area contributed by atoms with E-state index in [-0.39, 0.29) is 17.0 Å². The Morgan fingerprint density at radius 2 is 2.08 bits per heavy atom. The van der Waals surface area contributed by atoms with E-state index >= 15 is 0 Å². The highest BCUT2D eigenvalue weighted by molar-refractivity contribution is 7.15. The number of piperidine rings is 1. The molecule has 6 heteroatoms. The summed E-state index contributed by atoms with van der Waals surface area (Å²) in [6, 6.07) is 9.71. The number of thiazole rings is 1. The number of amides is 1. The SMILES string of the molecule is CC1CCCN(C(=O)c2cnc3scc(-c4ccccc4)n3c2=O)C1. The van der Waals surface area contributed by atoms with Gasteiger partial charge < -0.3 is 4.90 Å². The summed E-state index contributed by atoms with van der Waals surface area (Å²) >= 11 is 1.41. The summed E-state index contributed by atoms with van der Waals surface area (Å²) < 4.78 is 1.56. The van der Waals surface area contributed by atoms with Crippen LogP contribution in [0, 0.1) is 5.92 Å². The number of likely N-dealkylation sites (tertiary alicyclic amines) is 1. The number of nitrogens with zero attached hydrogens (tertiary/aromatic N) is 3. The predicted octanol–water partition coefficient (Wildman–Crippen LogP) is 3.30. The van der Waals surface area contributed by atoms with Crippen LogP contribution in [0.15, 0.2) is 46.7 Å². The maximum atomic E-state index is 13.0. The van der Waals surface area contributed by atoms with Gasteiger partial charge in [-0.2, -0.15) is 0 Å². The van der Waals surface area contributed by atoms with Crippen molar-refractivity contribution in [3.63, 3.8) is 0 Å². The summed E-state index contributed by atoms with van der Waals surface area (Å²) in [4.78, 5) is 32.6. The van der Waals surface area contributed by atoms with Crippen LogP contribution in [0.2, 0.25) is 0 Å². The van der Waals surface area contributed by atoms with Crippen LogP contribution in [0.1, 0.15) is 30.1 Å². The molecular weight excluding hydrogens is 334 g/mol. The maximum Gasteiger partial charge on any atom is 0.271 e. The maximum absolute atomic E-state index is 13.0. The van der Waals surface area contributed by atoms with Crippen molar-refractivity contribution in [2.45, 2.75) is 19.8 Å². The number of carbonyl (C=O) groups is 1. The molecule has 1 aliphatic rings. The number of hydrogen-bond acceptors (Lipinski definition) is 4. The molecule has 1 aromatic carbocycles. The first-order valence-corrected chi connectivity index (χ1v) is 9.37. The molecule has 128 valence electrons. The number of fused-ring (bicyclic) bond motifs is 1. The van der Waals surface area contributed by atoms with Gasteiger partial charge in [0.1, 0.15) is 5.56 Å². The molecular formula is C19H19N3O2S. The molecule has 0 bridgehead atoms. The molecule has 1 amide bonds. The van der Waals surface area contributed by atoms with Crippen molar-refractivity contribution >= 4 is 22.2 Å². The van der Waals surface area contributed by atoms with Gasteiger partial charge in [-0.15, -0.1) is 11.3 Å². The lowest BCUT2D eigenvalue weighted by Gasteiger charge is -2.30. The molecule has 0 spiro atoms. The van der Waals surface area contributed by atoms with Crippen LogP contribution in [0.4, 0.5) is 0 Å². The smallest absolute Gasteiger partial charge is 0.271 e. The first-order valence-electron chi connectivity index (χ1n) is 8.49. The Kier molecular flexibility index (Phi) is 4.13. The molecule has 1 aliphatic heterocycles. The summed E-state index contributed by atoms with van der Waals surface area (Å²) in [5, 5.41) is 1.91. The zero-order chi connectivity index (χ0) is 17.4. The Morgan fingerprint density at radius 3 is 2.84 bits per heavy atom. The van der Waals surface area contributed by atoms with Crippen molar-refractivity contribution in [2.24, 2.45) is 5.92 Å². The third-order valence-electron chi connectivity index (χ3n) is 4.69. The van der Waals surface area contributed by atoms with Crippen LogP contribution in [0.5, 0.6) is 0 Å². The van der Waals surface area contributed by atoms with Gasteiger partial charge in [0.15, 0.2) is 4.96 Å². The Bertz CT molecular complexity index is 977. The first kappa shape index (κ1) is 16.0. The molecule has 3 heterocycles. The highest BCUT2D eigenvalue weighted by Crippen LogP contribution is 2.24. The first-order chi connectivity index (χ1) is 12.1. The predicted molar refractivity (Wildman–Crippen MR) is 99.1 cm³/mol. The molecule has 5 nitrogen and oxygen atoms in total. The summed E-state index contributed by atoms with van der Waals surface area (Å²) in [7, 11) is 0. The van der Waals surface area contributed by atoms with Gasteiger partial charge in [0.05, 0.1) is 5.69 Å². The monoisotopic (exact) mass is 353 g/mol. The van der Waals surface area contributed by atoms with E-state index in [1.165, 1.54) is 17.5 Å². The topological polar surface area (TPSA) is 54.7 Å². The number of aromatic nitrogens is 2. The van der Waals surface area contributed by atoms with Gasteiger partial charge in [0.25, 0.3) is 11.5 Å². The molecule has 0 radical (unpaired) electrons. The number of benzene rings is 1. The average Bonchev–Trinajstić information content (AvgIpc) is 3.07. The summed E-state index contributed by atoms with van der Waals surface area (Å²) in [6.45, 7) is 3.55. The van der Waals surface area contributed by atoms with Gasteiger partial charge in [0, 0.05) is 24.7 Å². The molecule has 0 saturated carbocycles. The van der Waals surface area contributed by atoms with E-state index in [1.807, 2.05) is 35.7 Å². The van der Waals surface area contributed by atoms with Crippen LogP contribution in [0.25, 0.3) is 16.2 Å². The number of carbonyl (C=O) groups excluding carboxylic acids is 1. The fourth-order valence-electron chi connectivity index (χ4n) is 3.39. The normalized spacial score (nSPS) is 17.8. The lowest BCUT2D eigenvalue weighted by molar-refractivity contribution is 0.0680. The minimum Gasteiger partial charge on any atom is -0.338 e. The van der Waals surface area contributed by atoms with Gasteiger partial charge in [-0.1, -0.05) is 37.3 Å². The van der Waals surface area contributed by atoms with E-state index in [4.69, 9.17) is 0 Å². The number of rotatable bonds is 2. The van der Waals surface area contributed by atoms with E-state index in [9.17, 15) is 9.59 Å². The van der Waals surface area contributed by atoms with E-state index in [0.717, 1.165) is 24.1 Å². The average molecular weight is 353 g/mol. The van der Waals surface area contributed by atoms with Crippen LogP contribution in [-0.4, -0.2) is 33.3 Å². The van der Waals surface area contributed by atoms with Gasteiger partial charge in [-0.05, 0) is 24.3 Å². The fraction of sp³-hybridized carbons (Fsp3) is 0.316. The molecule has 1 saturated heterocycles. The summed E-state index contributed by atoms with van der Waals surface area (Å²) in [5.74, 6) is 0.266. The lowest BCUT2D eigenvalue weighted by Crippen LogP contribution is -2.41. The minimum atomic E-state index is -0.284. The summed E-state index contributed by atoms with van der Waals surface area (Å²) in [5.41, 5.74) is 1.59. The Hall–Kier alpha value is -2.47. The quantitative estimate of drug-likeness (QED) is 0.710. The van der Waals surface area contributed by atoms with Crippen LogP contribution >= 0.6 is 11.3 Å². The van der Waals surface area contributed by atoms with E-state index in [2.05, 4.69) is 11.9 Å². The molecule has 1 unspecified atom stereocenters. The Balaban J connectivity index is 1.80. The zero-order valence-corrected chi connectivity index (χ0v) is 14.8. The van der Waals surface area contributed by atoms with Crippen molar-refractivity contribution in [1.29, 1.82) is 0 Å². The van der Waals surface area contributed by atoms with Crippen LogP contribution < -0.4 is 5.56 Å². The van der Waals surface area contributed by atoms with Gasteiger partial charge >= 0.3 is 0 Å². The van der Waals surface area contributed by atoms with Gasteiger partial charge in [-0.25, -0.2) is 4.98 Å². The molecule has 2 aromatic heterocycles. The van der Waals surface area contributed by atoms with Gasteiger partial charge in [-0.3, -0.25) is 14.0 Å². The largest absolute Gasteiger partial charge is 0.338 e. The minimum absolute atomic E-state index is 0.155. The van der Waals surface area contributed by atoms with E-state index < -0.39 is 0 Å². The Morgan fingerprint density at radius 1 is 1.28 bits per heavy atom. The van der Waals surface area contributed by atoms with Crippen molar-refractivity contribution in [3.8, 4) is 11.3 Å². The van der Waals surface area contributed by atoms with Crippen LogP contribution in [0.3, 0.4) is 0 Å². The fourth-order valence-corrected chi connectivity index (χ4v) is 4.25. The number of hydrogen-bond donors (Lipinski definition) is 0. The van der Waals surface area contributed by atoms with Crippen molar-refractivity contribution in [3.05, 3.63) is 57.8 Å². The van der Waals surface area contributed by atoms with E-state index in [1.54, 1.807) is 9.30 Å². The molecule has 1 atom stereocenters. The Labute approximate surface area is 149 Å². The van der Waals surface area contributed by atoms with Crippen LogP contribution in [-0.2, 0) is 0 Å². The standard InChI is InChI=1S/C19H19N3O2S/c1-13-6-5-9-21(11-13)17(23)15-10-20-19-22(18(15)24)16(12-25-19)14-7-3-2-4-8-14/h2-4,7-8,10,12-13H,5-6,9,11H2,1H3. The summed E-state index contributed by atoms with van der Waals surface area (Å²) in [6.07, 6.45) is 3.55. The second-order valence-corrected chi connectivity index (χ2v) is 7.42. The highest BCUT2D eigenvalue weighted by atomic mass is 32.1. The lowest BCUT2D eigenvalue weighted by atomic mass is 10.00. The molecule has 25 heavy (non-hydrogen) atoms. The third kappa shape index (κ3) is 2.87. The molecule has 0 aliphatic carbocycles. The second kappa shape index (κ2) is 6.44. The molecule has 1 fully saturated rings. The molecule has 3 aromatic rings. The molecule has 0 N–H and O–H groups in total. The van der Waals surface area contributed by atoms with Crippen molar-refractivity contribution in [2.75, 3.05) is 13.1 Å².